The van der Waals surface area contributed by atoms with Gasteiger partial charge in [0.25, 0.3) is 5.91 Å². The molecule has 30 heavy (non-hydrogen) atoms. The van der Waals surface area contributed by atoms with Gasteiger partial charge < -0.3 is 9.64 Å². The number of benzene rings is 2. The second-order valence-electron chi connectivity index (χ2n) is 7.37. The average Bonchev–Trinajstić information content (AvgIpc) is 2.80. The van der Waals surface area contributed by atoms with Crippen molar-refractivity contribution in [2.75, 3.05) is 26.2 Å². The van der Waals surface area contributed by atoms with Gasteiger partial charge in [0.1, 0.15) is 12.4 Å². The highest BCUT2D eigenvalue weighted by Crippen LogP contribution is 2.18. The summed E-state index contributed by atoms with van der Waals surface area (Å²) in [6, 6.07) is 19.0. The third kappa shape index (κ3) is 5.38. The third-order valence-corrected chi connectivity index (χ3v) is 5.43. The van der Waals surface area contributed by atoms with Crippen molar-refractivity contribution in [2.24, 2.45) is 0 Å². The lowest BCUT2D eigenvalue weighted by atomic mass is 10.1. The van der Waals surface area contributed by atoms with E-state index in [1.54, 1.807) is 18.3 Å². The largest absolute Gasteiger partial charge is 0.489 e. The maximum absolute atomic E-state index is 13.0. The first-order valence-electron chi connectivity index (χ1n) is 10.1. The number of halogens is 1. The monoisotopic (exact) mass is 421 g/mol. The number of ether oxygens (including phenoxy) is 1. The van der Waals surface area contributed by atoms with Gasteiger partial charge in [-0.2, -0.15) is 0 Å². The van der Waals surface area contributed by atoms with E-state index < -0.39 is 0 Å². The summed E-state index contributed by atoms with van der Waals surface area (Å²) in [6.45, 7) is 4.45. The summed E-state index contributed by atoms with van der Waals surface area (Å²) in [4.78, 5) is 21.4. The molecule has 0 saturated carbocycles. The van der Waals surface area contributed by atoms with Crippen LogP contribution in [0.2, 0.25) is 5.02 Å². The van der Waals surface area contributed by atoms with Crippen molar-refractivity contribution >= 4 is 17.5 Å². The first-order valence-corrected chi connectivity index (χ1v) is 10.4. The number of amides is 1. The van der Waals surface area contributed by atoms with Crippen LogP contribution >= 0.6 is 11.6 Å². The van der Waals surface area contributed by atoms with Crippen molar-refractivity contribution < 1.29 is 9.53 Å². The molecule has 154 valence electrons. The summed E-state index contributed by atoms with van der Waals surface area (Å²) in [7, 11) is 0. The molecule has 3 aromatic rings. The van der Waals surface area contributed by atoms with Crippen LogP contribution in [0.3, 0.4) is 0 Å². The first-order chi connectivity index (χ1) is 14.7. The van der Waals surface area contributed by atoms with Crippen LogP contribution < -0.4 is 4.74 Å². The molecule has 0 unspecified atom stereocenters. The van der Waals surface area contributed by atoms with Gasteiger partial charge >= 0.3 is 0 Å². The quantitative estimate of drug-likeness (QED) is 0.596. The van der Waals surface area contributed by atoms with Crippen LogP contribution in [-0.4, -0.2) is 46.9 Å². The van der Waals surface area contributed by atoms with E-state index in [0.717, 1.165) is 44.0 Å². The molecule has 0 spiro atoms. The number of pyridine rings is 1. The Morgan fingerprint density at radius 2 is 1.73 bits per heavy atom. The molecule has 1 aromatic heterocycles. The fraction of sp³-hybridized carbons (Fsp3) is 0.250. The standard InChI is InChI=1S/C24H24ClN3O2/c25-22-6-8-23(9-7-22)30-18-19-3-1-5-21(15-19)24(29)28-13-11-27(12-14-28)17-20-4-2-10-26-16-20/h1-10,15-16H,11-14,17-18H2. The predicted octanol–water partition coefficient (Wildman–Crippen LogP) is 4.27. The lowest BCUT2D eigenvalue weighted by Gasteiger charge is -2.34. The lowest BCUT2D eigenvalue weighted by Crippen LogP contribution is -2.48. The molecule has 6 heteroatoms. The molecule has 1 amide bonds. The topological polar surface area (TPSA) is 45.7 Å². The summed E-state index contributed by atoms with van der Waals surface area (Å²) >= 11 is 5.90. The number of hydrogen-bond donors (Lipinski definition) is 0. The van der Waals surface area contributed by atoms with E-state index in [-0.39, 0.29) is 5.91 Å². The van der Waals surface area contributed by atoms with E-state index in [1.165, 1.54) is 5.56 Å². The van der Waals surface area contributed by atoms with Crippen LogP contribution in [0.1, 0.15) is 21.5 Å². The number of carbonyl (C=O) groups is 1. The van der Waals surface area contributed by atoms with E-state index in [0.29, 0.717) is 17.2 Å². The zero-order chi connectivity index (χ0) is 20.8. The van der Waals surface area contributed by atoms with Crippen molar-refractivity contribution in [2.45, 2.75) is 13.2 Å². The summed E-state index contributed by atoms with van der Waals surface area (Å²) in [5.41, 5.74) is 2.87. The van der Waals surface area contributed by atoms with Gasteiger partial charge in [0.05, 0.1) is 0 Å². The number of hydrogen-bond acceptors (Lipinski definition) is 4. The van der Waals surface area contributed by atoms with E-state index in [1.807, 2.05) is 53.6 Å². The lowest BCUT2D eigenvalue weighted by molar-refractivity contribution is 0.0628. The van der Waals surface area contributed by atoms with Crippen molar-refractivity contribution in [1.82, 2.24) is 14.8 Å². The summed E-state index contributed by atoms with van der Waals surface area (Å²) < 4.78 is 5.80. The molecule has 0 bridgehead atoms. The van der Waals surface area contributed by atoms with Gasteiger partial charge in [0.15, 0.2) is 0 Å². The van der Waals surface area contributed by atoms with Crippen molar-refractivity contribution in [3.63, 3.8) is 0 Å². The second kappa shape index (κ2) is 9.74. The zero-order valence-electron chi connectivity index (χ0n) is 16.7. The number of aromatic nitrogens is 1. The van der Waals surface area contributed by atoms with Crippen LogP contribution in [-0.2, 0) is 13.2 Å². The Kier molecular flexibility index (Phi) is 6.62. The van der Waals surface area contributed by atoms with Gasteiger partial charge in [0, 0.05) is 55.7 Å². The number of carbonyl (C=O) groups excluding carboxylic acids is 1. The highest BCUT2D eigenvalue weighted by Gasteiger charge is 2.22. The third-order valence-electron chi connectivity index (χ3n) is 5.18. The van der Waals surface area contributed by atoms with Crippen LogP contribution in [0.25, 0.3) is 0 Å². The Morgan fingerprint density at radius 3 is 2.47 bits per heavy atom. The van der Waals surface area contributed by atoms with Crippen LogP contribution in [0.5, 0.6) is 5.75 Å². The van der Waals surface area contributed by atoms with Gasteiger partial charge in [-0.05, 0) is 53.6 Å². The smallest absolute Gasteiger partial charge is 0.253 e. The highest BCUT2D eigenvalue weighted by atomic mass is 35.5. The summed E-state index contributed by atoms with van der Waals surface area (Å²) in [5, 5.41) is 0.676. The van der Waals surface area contributed by atoms with Gasteiger partial charge in [-0.15, -0.1) is 0 Å². The molecule has 0 radical (unpaired) electrons. The molecule has 2 aromatic carbocycles. The molecule has 1 aliphatic heterocycles. The molecular formula is C24H24ClN3O2. The minimum Gasteiger partial charge on any atom is -0.489 e. The average molecular weight is 422 g/mol. The number of nitrogens with zero attached hydrogens (tertiary/aromatic N) is 3. The van der Waals surface area contributed by atoms with Crippen LogP contribution in [0.15, 0.2) is 73.1 Å². The summed E-state index contributed by atoms with van der Waals surface area (Å²) in [5.74, 6) is 0.824. The van der Waals surface area contributed by atoms with E-state index in [9.17, 15) is 4.79 Å². The maximum atomic E-state index is 13.0. The molecule has 1 saturated heterocycles. The van der Waals surface area contributed by atoms with Gasteiger partial charge in [-0.1, -0.05) is 29.8 Å². The normalized spacial score (nSPS) is 14.5. The number of rotatable bonds is 6. The Balaban J connectivity index is 1.31. The van der Waals surface area contributed by atoms with Crippen molar-refractivity contribution in [3.8, 4) is 5.75 Å². The SMILES string of the molecule is O=C(c1cccc(COc2ccc(Cl)cc2)c1)N1CCN(Cc2cccnc2)CC1. The molecule has 1 aliphatic rings. The minimum absolute atomic E-state index is 0.0735. The second-order valence-corrected chi connectivity index (χ2v) is 7.81. The molecular weight excluding hydrogens is 398 g/mol. The Labute approximate surface area is 181 Å². The van der Waals surface area contributed by atoms with E-state index >= 15 is 0 Å². The van der Waals surface area contributed by atoms with E-state index in [2.05, 4.69) is 16.0 Å². The first kappa shape index (κ1) is 20.4. The Morgan fingerprint density at radius 1 is 0.967 bits per heavy atom. The van der Waals surface area contributed by atoms with Crippen molar-refractivity contribution in [3.05, 3.63) is 94.8 Å². The van der Waals surface area contributed by atoms with Crippen molar-refractivity contribution in [1.29, 1.82) is 0 Å². The van der Waals surface area contributed by atoms with Crippen LogP contribution in [0.4, 0.5) is 0 Å². The van der Waals surface area contributed by atoms with Gasteiger partial charge in [-0.3, -0.25) is 14.7 Å². The molecule has 0 N–H and O–H groups in total. The van der Waals surface area contributed by atoms with Crippen LogP contribution in [0, 0.1) is 0 Å². The molecule has 0 aliphatic carbocycles. The minimum atomic E-state index is 0.0735. The molecule has 0 atom stereocenters. The predicted molar refractivity (Wildman–Crippen MR) is 118 cm³/mol. The molecule has 1 fully saturated rings. The molecule has 5 nitrogen and oxygen atoms in total. The fourth-order valence-corrected chi connectivity index (χ4v) is 3.66. The van der Waals surface area contributed by atoms with Gasteiger partial charge in [-0.25, -0.2) is 0 Å². The molecule has 2 heterocycles. The van der Waals surface area contributed by atoms with Gasteiger partial charge in [0.2, 0.25) is 0 Å². The maximum Gasteiger partial charge on any atom is 0.253 e. The zero-order valence-corrected chi connectivity index (χ0v) is 17.5. The Bertz CT molecular complexity index is 971. The summed E-state index contributed by atoms with van der Waals surface area (Å²) in [6.07, 6.45) is 3.68. The fourth-order valence-electron chi connectivity index (χ4n) is 3.53. The highest BCUT2D eigenvalue weighted by molar-refractivity contribution is 6.30. The molecule has 4 rings (SSSR count). The van der Waals surface area contributed by atoms with E-state index in [4.69, 9.17) is 16.3 Å². The number of piperazine rings is 1. The Hall–Kier alpha value is -2.89.